The lowest BCUT2D eigenvalue weighted by Gasteiger charge is -2.17. The maximum atomic E-state index is 12.1. The van der Waals surface area contributed by atoms with Crippen molar-refractivity contribution in [1.82, 2.24) is 10.3 Å². The maximum Gasteiger partial charge on any atom is 0.242 e. The monoisotopic (exact) mass is 326 g/mol. The highest BCUT2D eigenvalue weighted by Crippen LogP contribution is 2.08. The number of amides is 2. The van der Waals surface area contributed by atoms with Crippen LogP contribution < -0.4 is 16.4 Å². The van der Waals surface area contributed by atoms with Crippen LogP contribution in [0.4, 0.5) is 5.82 Å². The predicted octanol–water partition coefficient (Wildman–Crippen LogP) is 1.69. The van der Waals surface area contributed by atoms with Crippen LogP contribution >= 0.6 is 0 Å². The number of carbonyl (C=O) groups is 2. The van der Waals surface area contributed by atoms with Crippen molar-refractivity contribution in [3.05, 3.63) is 60.3 Å². The van der Waals surface area contributed by atoms with Gasteiger partial charge in [0.25, 0.3) is 0 Å². The first kappa shape index (κ1) is 17.6. The van der Waals surface area contributed by atoms with Crippen molar-refractivity contribution < 1.29 is 9.59 Å². The summed E-state index contributed by atoms with van der Waals surface area (Å²) in [4.78, 5) is 28.2. The second-order valence-corrected chi connectivity index (χ2v) is 5.65. The lowest BCUT2D eigenvalue weighted by atomic mass is 10.0. The van der Waals surface area contributed by atoms with Crippen LogP contribution in [0.25, 0.3) is 0 Å². The van der Waals surface area contributed by atoms with Gasteiger partial charge in [-0.3, -0.25) is 9.59 Å². The standard InChI is InChI=1S/C18H22N4O2/c1-13(17(23)21-12-14-7-3-2-4-8-14)11-15(19)18(24)22-16-9-5-6-10-20-16/h2-10,13,15H,11-12,19H2,1H3,(H,21,23)(H,20,22,24)/t13?,15-/m0/s1. The molecule has 6 nitrogen and oxygen atoms in total. The molecule has 6 heteroatoms. The van der Waals surface area contributed by atoms with Crippen molar-refractivity contribution in [2.75, 3.05) is 5.32 Å². The minimum Gasteiger partial charge on any atom is -0.352 e. The molecule has 1 aromatic carbocycles. The van der Waals surface area contributed by atoms with Crippen molar-refractivity contribution in [2.45, 2.75) is 25.9 Å². The highest BCUT2D eigenvalue weighted by Gasteiger charge is 2.21. The summed E-state index contributed by atoms with van der Waals surface area (Å²) in [6, 6.07) is 14.1. The van der Waals surface area contributed by atoms with Crippen LogP contribution in [-0.2, 0) is 16.1 Å². The molecule has 0 saturated carbocycles. The first-order chi connectivity index (χ1) is 11.6. The fourth-order valence-corrected chi connectivity index (χ4v) is 2.21. The van der Waals surface area contributed by atoms with Crippen LogP contribution in [0, 0.1) is 5.92 Å². The Morgan fingerprint density at radius 3 is 2.46 bits per heavy atom. The average molecular weight is 326 g/mol. The van der Waals surface area contributed by atoms with E-state index in [9.17, 15) is 9.59 Å². The van der Waals surface area contributed by atoms with Gasteiger partial charge in [0.2, 0.25) is 11.8 Å². The number of hydrogen-bond donors (Lipinski definition) is 3. The van der Waals surface area contributed by atoms with Crippen molar-refractivity contribution >= 4 is 17.6 Å². The molecule has 2 aromatic rings. The number of nitrogens with zero attached hydrogens (tertiary/aromatic N) is 1. The molecule has 2 atom stereocenters. The number of carbonyl (C=O) groups excluding carboxylic acids is 2. The number of nitrogens with two attached hydrogens (primary N) is 1. The van der Waals surface area contributed by atoms with Crippen molar-refractivity contribution in [3.8, 4) is 0 Å². The minimum absolute atomic E-state index is 0.125. The largest absolute Gasteiger partial charge is 0.352 e. The summed E-state index contributed by atoms with van der Waals surface area (Å²) in [6.07, 6.45) is 1.85. The van der Waals surface area contributed by atoms with Crippen LogP contribution in [0.1, 0.15) is 18.9 Å². The molecule has 1 heterocycles. The number of nitrogens with one attached hydrogen (secondary N) is 2. The van der Waals surface area contributed by atoms with Gasteiger partial charge >= 0.3 is 0 Å². The Labute approximate surface area is 141 Å². The number of anilines is 1. The SMILES string of the molecule is CC(C[C@H](N)C(=O)Nc1ccccn1)C(=O)NCc1ccccc1. The summed E-state index contributed by atoms with van der Waals surface area (Å²) in [5.74, 6) is -0.395. The Morgan fingerprint density at radius 1 is 1.08 bits per heavy atom. The molecule has 1 unspecified atom stereocenters. The highest BCUT2D eigenvalue weighted by molar-refractivity contribution is 5.94. The quantitative estimate of drug-likeness (QED) is 0.721. The van der Waals surface area contributed by atoms with Gasteiger partial charge in [0, 0.05) is 18.7 Å². The molecule has 0 spiro atoms. The Bertz CT molecular complexity index is 661. The molecule has 0 fully saturated rings. The topological polar surface area (TPSA) is 97.1 Å². The number of pyridine rings is 1. The zero-order chi connectivity index (χ0) is 17.4. The molecule has 2 amide bonds. The lowest BCUT2D eigenvalue weighted by molar-refractivity contribution is -0.125. The number of aromatic nitrogens is 1. The maximum absolute atomic E-state index is 12.1. The Hall–Kier alpha value is -2.73. The molecular weight excluding hydrogens is 304 g/mol. The van der Waals surface area contributed by atoms with E-state index in [0.717, 1.165) is 5.56 Å². The van der Waals surface area contributed by atoms with Crippen LogP contribution in [0.2, 0.25) is 0 Å². The van der Waals surface area contributed by atoms with E-state index >= 15 is 0 Å². The molecule has 24 heavy (non-hydrogen) atoms. The Morgan fingerprint density at radius 2 is 1.79 bits per heavy atom. The van der Waals surface area contributed by atoms with Gasteiger partial charge in [-0.1, -0.05) is 43.3 Å². The predicted molar refractivity (Wildman–Crippen MR) is 92.9 cm³/mol. The molecule has 0 aliphatic carbocycles. The molecule has 2 rings (SSSR count). The van der Waals surface area contributed by atoms with Gasteiger partial charge in [0.05, 0.1) is 6.04 Å². The van der Waals surface area contributed by atoms with Crippen molar-refractivity contribution in [3.63, 3.8) is 0 Å². The van der Waals surface area contributed by atoms with Gasteiger partial charge in [-0.2, -0.15) is 0 Å². The van der Waals surface area contributed by atoms with E-state index in [0.29, 0.717) is 12.4 Å². The lowest BCUT2D eigenvalue weighted by Crippen LogP contribution is -2.40. The third kappa shape index (κ3) is 5.48. The molecular formula is C18H22N4O2. The van der Waals surface area contributed by atoms with Crippen LogP contribution in [-0.4, -0.2) is 22.8 Å². The third-order valence-corrected chi connectivity index (χ3v) is 3.62. The van der Waals surface area contributed by atoms with Crippen molar-refractivity contribution in [1.29, 1.82) is 0 Å². The van der Waals surface area contributed by atoms with Gasteiger partial charge in [0.1, 0.15) is 5.82 Å². The second-order valence-electron chi connectivity index (χ2n) is 5.65. The summed E-state index contributed by atoms with van der Waals surface area (Å²) < 4.78 is 0. The van der Waals surface area contributed by atoms with Crippen LogP contribution in [0.5, 0.6) is 0 Å². The second kappa shape index (κ2) is 8.79. The first-order valence-electron chi connectivity index (χ1n) is 7.85. The zero-order valence-corrected chi connectivity index (χ0v) is 13.6. The van der Waals surface area contributed by atoms with E-state index in [1.54, 1.807) is 31.3 Å². The van der Waals surface area contributed by atoms with Gasteiger partial charge in [-0.05, 0) is 24.1 Å². The molecule has 0 bridgehead atoms. The smallest absolute Gasteiger partial charge is 0.242 e. The van der Waals surface area contributed by atoms with E-state index in [1.807, 2.05) is 30.3 Å². The van der Waals surface area contributed by atoms with E-state index < -0.39 is 6.04 Å². The fourth-order valence-electron chi connectivity index (χ4n) is 2.21. The average Bonchev–Trinajstić information content (AvgIpc) is 2.61. The third-order valence-electron chi connectivity index (χ3n) is 3.62. The summed E-state index contributed by atoms with van der Waals surface area (Å²) >= 11 is 0. The Balaban J connectivity index is 1.78. The fraction of sp³-hybridized carbons (Fsp3) is 0.278. The number of benzene rings is 1. The Kier molecular flexibility index (Phi) is 6.45. The summed E-state index contributed by atoms with van der Waals surface area (Å²) in [5.41, 5.74) is 6.91. The summed E-state index contributed by atoms with van der Waals surface area (Å²) in [6.45, 7) is 2.22. The number of rotatable bonds is 7. The van der Waals surface area contributed by atoms with Crippen molar-refractivity contribution in [2.24, 2.45) is 11.7 Å². The van der Waals surface area contributed by atoms with Gasteiger partial charge in [-0.15, -0.1) is 0 Å². The molecule has 0 radical (unpaired) electrons. The van der Waals surface area contributed by atoms with Gasteiger partial charge < -0.3 is 16.4 Å². The van der Waals surface area contributed by atoms with E-state index in [-0.39, 0.29) is 24.2 Å². The number of hydrogen-bond acceptors (Lipinski definition) is 4. The first-order valence-corrected chi connectivity index (χ1v) is 7.85. The molecule has 0 aliphatic rings. The molecule has 0 aliphatic heterocycles. The molecule has 126 valence electrons. The summed E-state index contributed by atoms with van der Waals surface area (Å²) in [7, 11) is 0. The molecule has 1 aromatic heterocycles. The highest BCUT2D eigenvalue weighted by atomic mass is 16.2. The van der Waals surface area contributed by atoms with Crippen LogP contribution in [0.3, 0.4) is 0 Å². The van der Waals surface area contributed by atoms with E-state index in [2.05, 4.69) is 15.6 Å². The van der Waals surface area contributed by atoms with E-state index in [1.165, 1.54) is 0 Å². The van der Waals surface area contributed by atoms with Gasteiger partial charge in [-0.25, -0.2) is 4.98 Å². The molecule has 4 N–H and O–H groups in total. The summed E-state index contributed by atoms with van der Waals surface area (Å²) in [5, 5.41) is 5.49. The molecule has 0 saturated heterocycles. The normalized spacial score (nSPS) is 12.9. The minimum atomic E-state index is -0.774. The van der Waals surface area contributed by atoms with Crippen LogP contribution in [0.15, 0.2) is 54.7 Å². The van der Waals surface area contributed by atoms with E-state index in [4.69, 9.17) is 5.73 Å². The zero-order valence-electron chi connectivity index (χ0n) is 13.6. The van der Waals surface area contributed by atoms with Gasteiger partial charge in [0.15, 0.2) is 0 Å².